The molecule has 0 aromatic rings. The average Bonchev–Trinajstić information content (AvgIpc) is 2.45. The van der Waals surface area contributed by atoms with Crippen LogP contribution in [0.1, 0.15) is 79.1 Å². The summed E-state index contributed by atoms with van der Waals surface area (Å²) in [6.45, 7) is 11.5. The van der Waals surface area contributed by atoms with Crippen LogP contribution in [0.2, 0.25) is 0 Å². The van der Waals surface area contributed by atoms with Crippen LogP contribution >= 0.6 is 12.2 Å². The van der Waals surface area contributed by atoms with Gasteiger partial charge in [-0.2, -0.15) is 0 Å². The molecule has 0 aromatic carbocycles. The lowest BCUT2D eigenvalue weighted by molar-refractivity contribution is 0.271. The Bertz CT molecular complexity index is 187. The summed E-state index contributed by atoms with van der Waals surface area (Å²) in [5.41, 5.74) is 1.91. The predicted molar refractivity (Wildman–Crippen MR) is 91.8 cm³/mol. The van der Waals surface area contributed by atoms with Gasteiger partial charge in [0.2, 0.25) is 0 Å². The molecule has 0 aromatic heterocycles. The van der Waals surface area contributed by atoms with Crippen LogP contribution in [0.15, 0.2) is 0 Å². The van der Waals surface area contributed by atoms with Crippen LogP contribution in [0.3, 0.4) is 0 Å². The third kappa shape index (κ3) is 9.43. The van der Waals surface area contributed by atoms with Gasteiger partial charge in [-0.15, -0.1) is 0 Å². The largest absolute Gasteiger partial charge is 0.368 e. The zero-order valence-electron chi connectivity index (χ0n) is 13.7. The lowest BCUT2D eigenvalue weighted by Crippen LogP contribution is -2.32. The molecule has 2 heteroatoms. The first-order valence-corrected chi connectivity index (χ1v) is 8.88. The highest BCUT2D eigenvalue weighted by Gasteiger charge is 2.14. The Labute approximate surface area is 127 Å². The van der Waals surface area contributed by atoms with Crippen LogP contribution in [-0.2, 0) is 0 Å². The maximum atomic E-state index is 5.23. The Kier molecular flexibility index (Phi) is 12.8. The Balaban J connectivity index is 4.18. The molecular formula is C17H35NS. The second kappa shape index (κ2) is 12.9. The van der Waals surface area contributed by atoms with Crippen molar-refractivity contribution in [2.24, 2.45) is 11.8 Å². The normalized spacial score (nSPS) is 14.1. The fourth-order valence-electron chi connectivity index (χ4n) is 2.66. The predicted octanol–water partition coefficient (Wildman–Crippen LogP) is 5.68. The number of unbranched alkanes of at least 4 members (excludes halogenated alkanes) is 2. The molecule has 0 N–H and O–H groups in total. The zero-order chi connectivity index (χ0) is 14.5. The van der Waals surface area contributed by atoms with Crippen molar-refractivity contribution in [3.8, 4) is 0 Å². The molecular weight excluding hydrogens is 250 g/mol. The maximum Gasteiger partial charge on any atom is 0.0641 e. The number of hydrogen-bond acceptors (Lipinski definition) is 1. The summed E-state index contributed by atoms with van der Waals surface area (Å²) in [6.07, 6.45) is 10.6. The lowest BCUT2D eigenvalue weighted by Gasteiger charge is -2.28. The van der Waals surface area contributed by atoms with E-state index < -0.39 is 0 Å². The molecule has 0 rings (SSSR count). The number of hydrogen-bond donors (Lipinski definition) is 0. The second-order valence-corrected chi connectivity index (χ2v) is 6.10. The number of rotatable bonds is 13. The Morgan fingerprint density at radius 3 is 1.53 bits per heavy atom. The van der Waals surface area contributed by atoms with Crippen molar-refractivity contribution < 1.29 is 0 Å². The first-order valence-electron chi connectivity index (χ1n) is 8.40. The van der Waals surface area contributed by atoms with Gasteiger partial charge in [0.25, 0.3) is 0 Å². The highest BCUT2D eigenvalue weighted by atomic mass is 32.1. The molecule has 0 amide bonds. The molecule has 2 unspecified atom stereocenters. The number of thiocarbonyl (C=S) groups is 1. The van der Waals surface area contributed by atoms with Crippen LogP contribution in [0.5, 0.6) is 0 Å². The van der Waals surface area contributed by atoms with Crippen molar-refractivity contribution in [2.45, 2.75) is 79.1 Å². The average molecular weight is 286 g/mol. The summed E-state index contributed by atoms with van der Waals surface area (Å²) < 4.78 is 0. The van der Waals surface area contributed by atoms with Crippen molar-refractivity contribution in [1.29, 1.82) is 0 Å². The minimum Gasteiger partial charge on any atom is -0.368 e. The summed E-state index contributed by atoms with van der Waals surface area (Å²) in [6, 6.07) is 0. The standard InChI is InChI=1S/C17H35NS/c1-5-9-11-16(7-3)13-18(15-19)14-17(8-4)12-10-6-2/h15-17H,5-14H2,1-4H3. The van der Waals surface area contributed by atoms with E-state index >= 15 is 0 Å². The molecule has 0 spiro atoms. The summed E-state index contributed by atoms with van der Waals surface area (Å²) in [7, 11) is 0. The second-order valence-electron chi connectivity index (χ2n) is 5.89. The van der Waals surface area contributed by atoms with Gasteiger partial charge in [-0.3, -0.25) is 0 Å². The van der Waals surface area contributed by atoms with Crippen molar-refractivity contribution in [1.82, 2.24) is 4.90 Å². The summed E-state index contributed by atoms with van der Waals surface area (Å²) >= 11 is 5.23. The SMILES string of the molecule is CCCCC(CC)CN(C=S)CC(CC)CCCC. The van der Waals surface area contributed by atoms with Crippen LogP contribution in [0, 0.1) is 11.8 Å². The monoisotopic (exact) mass is 285 g/mol. The molecule has 0 heterocycles. The molecule has 0 aliphatic rings. The van der Waals surface area contributed by atoms with Gasteiger partial charge >= 0.3 is 0 Å². The Morgan fingerprint density at radius 1 is 0.842 bits per heavy atom. The van der Waals surface area contributed by atoms with Crippen LogP contribution < -0.4 is 0 Å². The van der Waals surface area contributed by atoms with E-state index in [1.165, 1.54) is 64.5 Å². The van der Waals surface area contributed by atoms with Gasteiger partial charge in [-0.25, -0.2) is 0 Å². The Hall–Kier alpha value is -0.110. The van der Waals surface area contributed by atoms with Crippen molar-refractivity contribution in [3.63, 3.8) is 0 Å². The quantitative estimate of drug-likeness (QED) is 0.401. The van der Waals surface area contributed by atoms with Gasteiger partial charge in [-0.1, -0.05) is 78.4 Å². The molecule has 0 aliphatic heterocycles. The summed E-state index contributed by atoms with van der Waals surface area (Å²) in [5.74, 6) is 1.64. The molecule has 1 nitrogen and oxygen atoms in total. The fraction of sp³-hybridized carbons (Fsp3) is 0.941. The fourth-order valence-corrected chi connectivity index (χ4v) is 2.83. The molecule has 0 saturated carbocycles. The van der Waals surface area contributed by atoms with Crippen molar-refractivity contribution in [3.05, 3.63) is 0 Å². The van der Waals surface area contributed by atoms with Gasteiger partial charge < -0.3 is 4.90 Å². The minimum absolute atomic E-state index is 0.822. The van der Waals surface area contributed by atoms with E-state index in [1.807, 2.05) is 5.49 Å². The van der Waals surface area contributed by atoms with Crippen LogP contribution in [0.25, 0.3) is 0 Å². The van der Waals surface area contributed by atoms with E-state index in [9.17, 15) is 0 Å². The van der Waals surface area contributed by atoms with E-state index in [0.29, 0.717) is 0 Å². The smallest absolute Gasteiger partial charge is 0.0641 e. The topological polar surface area (TPSA) is 3.24 Å². The summed E-state index contributed by atoms with van der Waals surface area (Å²) in [4.78, 5) is 2.41. The highest BCUT2D eigenvalue weighted by molar-refractivity contribution is 7.78. The van der Waals surface area contributed by atoms with E-state index in [-0.39, 0.29) is 0 Å². The van der Waals surface area contributed by atoms with Gasteiger partial charge in [0.05, 0.1) is 5.49 Å². The van der Waals surface area contributed by atoms with E-state index in [4.69, 9.17) is 12.2 Å². The van der Waals surface area contributed by atoms with Gasteiger partial charge in [-0.05, 0) is 24.7 Å². The summed E-state index contributed by atoms with van der Waals surface area (Å²) in [5, 5.41) is 0. The molecule has 2 atom stereocenters. The molecule has 0 radical (unpaired) electrons. The maximum absolute atomic E-state index is 5.23. The van der Waals surface area contributed by atoms with Gasteiger partial charge in [0, 0.05) is 13.1 Å². The third-order valence-corrected chi connectivity index (χ3v) is 4.52. The van der Waals surface area contributed by atoms with Gasteiger partial charge in [0.15, 0.2) is 0 Å². The first-order chi connectivity index (χ1) is 9.21. The van der Waals surface area contributed by atoms with E-state index in [0.717, 1.165) is 11.8 Å². The third-order valence-electron chi connectivity index (χ3n) is 4.22. The first kappa shape index (κ1) is 18.9. The molecule has 0 aliphatic carbocycles. The van der Waals surface area contributed by atoms with E-state index in [1.54, 1.807) is 0 Å². The highest BCUT2D eigenvalue weighted by Crippen LogP contribution is 2.18. The lowest BCUT2D eigenvalue weighted by atomic mass is 9.96. The molecule has 0 fully saturated rings. The Morgan fingerprint density at radius 2 is 1.26 bits per heavy atom. The van der Waals surface area contributed by atoms with Crippen molar-refractivity contribution >= 4 is 17.7 Å². The van der Waals surface area contributed by atoms with Crippen LogP contribution in [0.4, 0.5) is 0 Å². The van der Waals surface area contributed by atoms with Gasteiger partial charge in [0.1, 0.15) is 0 Å². The number of nitrogens with zero attached hydrogens (tertiary/aromatic N) is 1. The zero-order valence-corrected chi connectivity index (χ0v) is 14.5. The molecule has 114 valence electrons. The molecule has 0 bridgehead atoms. The van der Waals surface area contributed by atoms with Crippen molar-refractivity contribution in [2.75, 3.05) is 13.1 Å². The van der Waals surface area contributed by atoms with Crippen LogP contribution in [-0.4, -0.2) is 23.5 Å². The van der Waals surface area contributed by atoms with E-state index in [2.05, 4.69) is 32.6 Å². The molecule has 19 heavy (non-hydrogen) atoms. The minimum atomic E-state index is 0.822. The molecule has 0 saturated heterocycles.